The lowest BCUT2D eigenvalue weighted by Crippen LogP contribution is -3.00. The maximum absolute atomic E-state index is 7.14. The van der Waals surface area contributed by atoms with Gasteiger partial charge in [0.05, 0.1) is 23.1 Å². The topological polar surface area (TPSA) is 18.5 Å². The Bertz CT molecular complexity index is 846. The van der Waals surface area contributed by atoms with Gasteiger partial charge in [-0.05, 0) is 107 Å². The summed E-state index contributed by atoms with van der Waals surface area (Å²) >= 11 is 0. The van der Waals surface area contributed by atoms with Crippen LogP contribution in [0.2, 0.25) is 18.1 Å². The van der Waals surface area contributed by atoms with Crippen LogP contribution in [0.25, 0.3) is 0 Å². The first kappa shape index (κ1) is 34.7. The molecule has 1 aromatic carbocycles. The Hall–Kier alpha value is -0.763. The molecule has 3 aliphatic carbocycles. The molecule has 0 saturated heterocycles. The molecule has 1 atom stereocenters. The minimum atomic E-state index is -1.89. The van der Waals surface area contributed by atoms with E-state index in [1.54, 1.807) is 0 Å². The third-order valence-corrected chi connectivity index (χ3v) is 22.1. The molecule has 0 heterocycles. The first-order chi connectivity index (χ1) is 19.6. The summed E-state index contributed by atoms with van der Waals surface area (Å²) < 4.78 is 14.0. The average Bonchev–Trinajstić information content (AvgIpc) is 3.04. The zero-order chi connectivity index (χ0) is 28.3. The van der Waals surface area contributed by atoms with Gasteiger partial charge >= 0.3 is 0 Å². The fourth-order valence-corrected chi connectivity index (χ4v) is 18.2. The smallest absolute Gasteiger partial charge is 0.265 e. The van der Waals surface area contributed by atoms with E-state index in [2.05, 4.69) is 63.8 Å². The molecular formula is C36H60ClO2PSi. The average molecular weight is 619 g/mol. The van der Waals surface area contributed by atoms with Crippen LogP contribution < -0.4 is 12.4 Å². The van der Waals surface area contributed by atoms with Crippen molar-refractivity contribution >= 4 is 15.6 Å². The van der Waals surface area contributed by atoms with Gasteiger partial charge in [0.2, 0.25) is 0 Å². The number of hydrogen-bond acceptors (Lipinski definition) is 2. The van der Waals surface area contributed by atoms with E-state index in [9.17, 15) is 0 Å². The number of rotatable bonds is 14. The summed E-state index contributed by atoms with van der Waals surface area (Å²) in [6.45, 7) is 11.2. The van der Waals surface area contributed by atoms with Crippen molar-refractivity contribution in [3.8, 4) is 0 Å². The molecule has 4 rings (SSSR count). The van der Waals surface area contributed by atoms with Crippen molar-refractivity contribution in [2.45, 2.75) is 158 Å². The highest BCUT2D eigenvalue weighted by molar-refractivity contribution is 7.78. The van der Waals surface area contributed by atoms with E-state index in [1.807, 2.05) is 6.08 Å². The summed E-state index contributed by atoms with van der Waals surface area (Å²) in [5.41, 5.74) is 4.08. The highest BCUT2D eigenvalue weighted by atomic mass is 35.5. The molecule has 1 aromatic rings. The molecule has 232 valence electrons. The molecule has 0 bridgehead atoms. The monoisotopic (exact) mass is 618 g/mol. The Morgan fingerprint density at radius 3 is 1.61 bits per heavy atom. The van der Waals surface area contributed by atoms with Gasteiger partial charge in [-0.15, -0.1) is 0 Å². The second kappa shape index (κ2) is 17.5. The maximum atomic E-state index is 7.14. The standard InChI is InChI=1S/C36H60O2PSi.ClH/c1-5-35(31-21-13-9-14-22-31)37-36(38-40(6-2,7-3)8-4)29-30-39(32-23-15-10-16-24-32,33-25-17-11-18-26-33)34-27-19-12-20-28-34;/h5,9,13-14,21-22,29,32-35H,1,6-8,10-12,15-20,23-28,30H2,2-4H3;1H/q+1;/p-1/b36-29-;. The maximum Gasteiger partial charge on any atom is 0.265 e. The molecule has 0 aromatic heterocycles. The molecule has 5 heteroatoms. The molecule has 1 unspecified atom stereocenters. The van der Waals surface area contributed by atoms with Crippen LogP contribution >= 0.6 is 7.26 Å². The molecule has 0 spiro atoms. The highest BCUT2D eigenvalue weighted by Gasteiger charge is 2.56. The van der Waals surface area contributed by atoms with E-state index >= 15 is 0 Å². The lowest BCUT2D eigenvalue weighted by Gasteiger charge is -2.48. The van der Waals surface area contributed by atoms with Gasteiger partial charge in [0, 0.05) is 13.3 Å². The van der Waals surface area contributed by atoms with Crippen molar-refractivity contribution in [3.63, 3.8) is 0 Å². The lowest BCUT2D eigenvalue weighted by atomic mass is 9.99. The van der Waals surface area contributed by atoms with E-state index < -0.39 is 15.6 Å². The molecule has 3 aliphatic rings. The van der Waals surface area contributed by atoms with Gasteiger partial charge in [0.15, 0.2) is 0 Å². The van der Waals surface area contributed by atoms with Gasteiger partial charge in [-0.2, -0.15) is 0 Å². The largest absolute Gasteiger partial charge is 1.00 e. The summed E-state index contributed by atoms with van der Waals surface area (Å²) in [7, 11) is -3.13. The number of ether oxygens (including phenoxy) is 1. The predicted octanol–water partition coefficient (Wildman–Crippen LogP) is 8.81. The Kier molecular flexibility index (Phi) is 14.8. The number of allylic oxidation sites excluding steroid dienone is 1. The predicted molar refractivity (Wildman–Crippen MR) is 179 cm³/mol. The molecule has 0 N–H and O–H groups in total. The SMILES string of the molecule is C=CC(O/C(=C/C[P+](C1CCCCC1)(C1CCCCC1)C1CCCCC1)O[Si](CC)(CC)CC)c1ccccc1.[Cl-]. The van der Waals surface area contributed by atoms with Crippen LogP contribution in [0.4, 0.5) is 0 Å². The number of benzene rings is 1. The zero-order valence-electron chi connectivity index (χ0n) is 26.6. The van der Waals surface area contributed by atoms with E-state index in [0.29, 0.717) is 0 Å². The van der Waals surface area contributed by atoms with Gasteiger partial charge < -0.3 is 21.6 Å². The third kappa shape index (κ3) is 8.67. The highest BCUT2D eigenvalue weighted by Crippen LogP contribution is 2.77. The molecule has 3 saturated carbocycles. The summed E-state index contributed by atoms with van der Waals surface area (Å²) in [6, 6.07) is 14.0. The van der Waals surface area contributed by atoms with Gasteiger partial charge in [0.1, 0.15) is 6.10 Å². The van der Waals surface area contributed by atoms with E-state index in [-0.39, 0.29) is 18.5 Å². The van der Waals surface area contributed by atoms with Gasteiger partial charge in [-0.25, -0.2) is 0 Å². The quantitative estimate of drug-likeness (QED) is 0.0897. The Labute approximate surface area is 261 Å². The van der Waals surface area contributed by atoms with Gasteiger partial charge in [-0.1, -0.05) is 76.9 Å². The molecule has 3 fully saturated rings. The number of halogens is 1. The molecule has 0 amide bonds. The van der Waals surface area contributed by atoms with Crippen LogP contribution in [0.15, 0.2) is 55.0 Å². The lowest BCUT2D eigenvalue weighted by molar-refractivity contribution is -0.0000145. The van der Waals surface area contributed by atoms with E-state index in [0.717, 1.165) is 46.6 Å². The van der Waals surface area contributed by atoms with Crippen molar-refractivity contribution in [2.24, 2.45) is 0 Å². The first-order valence-corrected chi connectivity index (χ1v) is 21.9. The summed E-state index contributed by atoms with van der Waals surface area (Å²) in [6.07, 6.45) is 27.6. The fourth-order valence-electron chi connectivity index (χ4n) is 8.57. The Morgan fingerprint density at radius 2 is 1.22 bits per heavy atom. The van der Waals surface area contributed by atoms with Crippen molar-refractivity contribution in [1.82, 2.24) is 0 Å². The van der Waals surface area contributed by atoms with Crippen molar-refractivity contribution in [2.75, 3.05) is 6.16 Å². The van der Waals surface area contributed by atoms with Gasteiger partial charge in [-0.3, -0.25) is 0 Å². The molecule has 0 radical (unpaired) electrons. The van der Waals surface area contributed by atoms with Crippen LogP contribution in [0.5, 0.6) is 0 Å². The zero-order valence-corrected chi connectivity index (χ0v) is 29.3. The molecule has 2 nitrogen and oxygen atoms in total. The summed E-state index contributed by atoms with van der Waals surface area (Å²) in [5, 5.41) is 0. The molecule has 0 aliphatic heterocycles. The summed E-state index contributed by atoms with van der Waals surface area (Å²) in [5.74, 6) is 0.845. The van der Waals surface area contributed by atoms with Crippen LogP contribution in [-0.4, -0.2) is 31.5 Å². The van der Waals surface area contributed by atoms with E-state index in [1.165, 1.54) is 102 Å². The minimum Gasteiger partial charge on any atom is -1.00 e. The van der Waals surface area contributed by atoms with Crippen LogP contribution in [-0.2, 0) is 9.16 Å². The Morgan fingerprint density at radius 1 is 0.780 bits per heavy atom. The van der Waals surface area contributed by atoms with Crippen LogP contribution in [0.1, 0.15) is 129 Å². The first-order valence-electron chi connectivity index (χ1n) is 17.2. The summed E-state index contributed by atoms with van der Waals surface area (Å²) in [4.78, 5) is 0. The Balaban J connectivity index is 0.00000462. The van der Waals surface area contributed by atoms with Gasteiger partial charge in [0.25, 0.3) is 14.3 Å². The second-order valence-electron chi connectivity index (χ2n) is 13.1. The van der Waals surface area contributed by atoms with Crippen molar-refractivity contribution in [1.29, 1.82) is 0 Å². The minimum absolute atomic E-state index is 0. The van der Waals surface area contributed by atoms with Crippen LogP contribution in [0.3, 0.4) is 0 Å². The van der Waals surface area contributed by atoms with Crippen molar-refractivity contribution in [3.05, 3.63) is 60.6 Å². The normalized spacial score (nSPS) is 21.1. The van der Waals surface area contributed by atoms with E-state index in [4.69, 9.17) is 9.16 Å². The number of hydrogen-bond donors (Lipinski definition) is 0. The van der Waals surface area contributed by atoms with Crippen LogP contribution in [0, 0.1) is 0 Å². The third-order valence-electron chi connectivity index (χ3n) is 11.2. The molecular weight excluding hydrogens is 559 g/mol. The fraction of sp³-hybridized carbons (Fsp3) is 0.722. The second-order valence-corrected chi connectivity index (χ2v) is 22.3. The molecule has 41 heavy (non-hydrogen) atoms. The van der Waals surface area contributed by atoms with Crippen molar-refractivity contribution < 1.29 is 21.6 Å².